The number of urea groups is 1. The lowest BCUT2D eigenvalue weighted by Gasteiger charge is -2.20. The number of nitrogens with one attached hydrogen (secondary N) is 2. The molecule has 1 aromatic rings. The van der Waals surface area contributed by atoms with Gasteiger partial charge >= 0.3 is 6.03 Å². The Morgan fingerprint density at radius 2 is 1.67 bits per heavy atom. The van der Waals surface area contributed by atoms with Gasteiger partial charge in [0.25, 0.3) is 0 Å². The molecule has 2 N–H and O–H groups in total. The van der Waals surface area contributed by atoms with Gasteiger partial charge in [-0.15, -0.1) is 0 Å². The molecule has 24 heavy (non-hydrogen) atoms. The molecular formula is C19H27N3O2. The van der Waals surface area contributed by atoms with Crippen molar-refractivity contribution in [3.63, 3.8) is 0 Å². The minimum absolute atomic E-state index is 0.0907. The zero-order valence-corrected chi connectivity index (χ0v) is 14.2. The van der Waals surface area contributed by atoms with E-state index in [2.05, 4.69) is 10.6 Å². The number of benzene rings is 1. The number of hydrogen-bond acceptors (Lipinski definition) is 2. The topological polar surface area (TPSA) is 61.4 Å². The lowest BCUT2D eigenvalue weighted by atomic mass is 10.1. The van der Waals surface area contributed by atoms with Crippen molar-refractivity contribution < 1.29 is 9.59 Å². The van der Waals surface area contributed by atoms with Gasteiger partial charge in [-0.1, -0.05) is 56.0 Å². The van der Waals surface area contributed by atoms with Gasteiger partial charge in [-0.05, 0) is 18.4 Å². The summed E-state index contributed by atoms with van der Waals surface area (Å²) >= 11 is 0. The van der Waals surface area contributed by atoms with E-state index in [0.717, 1.165) is 18.4 Å². The minimum atomic E-state index is -0.124. The summed E-state index contributed by atoms with van der Waals surface area (Å²) < 4.78 is 0. The van der Waals surface area contributed by atoms with Gasteiger partial charge in [0.05, 0.1) is 6.04 Å². The molecule has 2 aliphatic rings. The highest BCUT2D eigenvalue weighted by molar-refractivity contribution is 5.81. The van der Waals surface area contributed by atoms with Crippen molar-refractivity contribution in [3.8, 4) is 0 Å². The lowest BCUT2D eigenvalue weighted by Crippen LogP contribution is -2.46. The van der Waals surface area contributed by atoms with Gasteiger partial charge in [0, 0.05) is 25.6 Å². The molecule has 2 fully saturated rings. The van der Waals surface area contributed by atoms with Crippen LogP contribution in [0.5, 0.6) is 0 Å². The molecule has 1 saturated heterocycles. The van der Waals surface area contributed by atoms with Crippen LogP contribution in [0.3, 0.4) is 0 Å². The number of nitrogens with zero attached hydrogens (tertiary/aromatic N) is 1. The van der Waals surface area contributed by atoms with Crippen LogP contribution in [0.4, 0.5) is 4.79 Å². The summed E-state index contributed by atoms with van der Waals surface area (Å²) in [5.74, 6) is 0.110. The Morgan fingerprint density at radius 3 is 2.38 bits per heavy atom. The van der Waals surface area contributed by atoms with Crippen LogP contribution in [0.2, 0.25) is 0 Å². The molecule has 0 radical (unpaired) electrons. The van der Waals surface area contributed by atoms with E-state index in [0.29, 0.717) is 19.5 Å². The number of rotatable bonds is 4. The van der Waals surface area contributed by atoms with Gasteiger partial charge in [0.15, 0.2) is 0 Å². The van der Waals surface area contributed by atoms with Crippen molar-refractivity contribution in [1.29, 1.82) is 0 Å². The Balaban J connectivity index is 1.46. The van der Waals surface area contributed by atoms with Crippen LogP contribution in [0.25, 0.3) is 0 Å². The molecule has 3 rings (SSSR count). The third-order valence-electron chi connectivity index (χ3n) is 4.96. The molecular weight excluding hydrogens is 302 g/mol. The highest BCUT2D eigenvalue weighted by Gasteiger charge is 2.30. The number of amides is 3. The predicted octanol–water partition coefficient (Wildman–Crippen LogP) is 2.81. The first kappa shape index (κ1) is 16.8. The molecule has 130 valence electrons. The normalized spacial score (nSPS) is 22.2. The summed E-state index contributed by atoms with van der Waals surface area (Å²) in [6.07, 6.45) is 7.45. The third kappa shape index (κ3) is 4.73. The first-order chi connectivity index (χ1) is 11.7. The smallest absolute Gasteiger partial charge is 0.315 e. The predicted molar refractivity (Wildman–Crippen MR) is 93.4 cm³/mol. The van der Waals surface area contributed by atoms with E-state index in [9.17, 15) is 9.59 Å². The maximum atomic E-state index is 12.2. The molecule has 3 amide bonds. The third-order valence-corrected chi connectivity index (χ3v) is 4.96. The maximum Gasteiger partial charge on any atom is 0.315 e. The van der Waals surface area contributed by atoms with Crippen molar-refractivity contribution in [2.45, 2.75) is 63.6 Å². The maximum absolute atomic E-state index is 12.2. The molecule has 1 atom stereocenters. The van der Waals surface area contributed by atoms with Crippen LogP contribution in [0.15, 0.2) is 30.3 Å². The monoisotopic (exact) mass is 329 g/mol. The fraction of sp³-hybridized carbons (Fsp3) is 0.579. The second kappa shape index (κ2) is 8.18. The van der Waals surface area contributed by atoms with Crippen molar-refractivity contribution in [3.05, 3.63) is 35.9 Å². The average Bonchev–Trinajstić information content (AvgIpc) is 2.76. The first-order valence-corrected chi connectivity index (χ1v) is 9.09. The lowest BCUT2D eigenvalue weighted by molar-refractivity contribution is -0.128. The van der Waals surface area contributed by atoms with Crippen LogP contribution in [-0.4, -0.2) is 35.5 Å². The summed E-state index contributed by atoms with van der Waals surface area (Å²) in [6, 6.07) is 10.0. The van der Waals surface area contributed by atoms with E-state index in [-0.39, 0.29) is 24.0 Å². The van der Waals surface area contributed by atoms with Crippen molar-refractivity contribution >= 4 is 11.9 Å². The second-order valence-electron chi connectivity index (χ2n) is 6.97. The standard InChI is InChI=1S/C19H27N3O2/c23-18-12-17(14-22(18)13-15-8-4-3-5-9-15)21-19(24)20-16-10-6-1-2-7-11-16/h3-5,8-9,16-17H,1-2,6-7,10-14H2,(H2,20,21,24). The van der Waals surface area contributed by atoms with Gasteiger partial charge < -0.3 is 15.5 Å². The largest absolute Gasteiger partial charge is 0.336 e. The second-order valence-corrected chi connectivity index (χ2v) is 6.97. The summed E-state index contributed by atoms with van der Waals surface area (Å²) in [5, 5.41) is 6.07. The fourth-order valence-corrected chi connectivity index (χ4v) is 3.66. The van der Waals surface area contributed by atoms with Gasteiger partial charge in [-0.2, -0.15) is 0 Å². The van der Waals surface area contributed by atoms with E-state index >= 15 is 0 Å². The van der Waals surface area contributed by atoms with E-state index in [1.165, 1.54) is 25.7 Å². The molecule has 1 unspecified atom stereocenters. The molecule has 0 aromatic heterocycles. The zero-order valence-electron chi connectivity index (χ0n) is 14.2. The summed E-state index contributed by atoms with van der Waals surface area (Å²) in [7, 11) is 0. The summed E-state index contributed by atoms with van der Waals surface area (Å²) in [5.41, 5.74) is 1.12. The Morgan fingerprint density at radius 1 is 1.00 bits per heavy atom. The molecule has 1 heterocycles. The van der Waals surface area contributed by atoms with Crippen molar-refractivity contribution in [1.82, 2.24) is 15.5 Å². The molecule has 0 bridgehead atoms. The van der Waals surface area contributed by atoms with Gasteiger partial charge in [-0.3, -0.25) is 4.79 Å². The Hall–Kier alpha value is -2.04. The van der Waals surface area contributed by atoms with Crippen LogP contribution in [-0.2, 0) is 11.3 Å². The molecule has 5 nitrogen and oxygen atoms in total. The van der Waals surface area contributed by atoms with Gasteiger partial charge in [0.2, 0.25) is 5.91 Å². The van der Waals surface area contributed by atoms with Crippen molar-refractivity contribution in [2.75, 3.05) is 6.54 Å². The van der Waals surface area contributed by atoms with Crippen LogP contribution in [0, 0.1) is 0 Å². The molecule has 1 saturated carbocycles. The Labute approximate surface area is 143 Å². The highest BCUT2D eigenvalue weighted by Crippen LogP contribution is 2.18. The van der Waals surface area contributed by atoms with Crippen LogP contribution in [0.1, 0.15) is 50.5 Å². The van der Waals surface area contributed by atoms with E-state index < -0.39 is 0 Å². The Bertz CT molecular complexity index is 553. The molecule has 1 aromatic carbocycles. The first-order valence-electron chi connectivity index (χ1n) is 9.09. The molecule has 5 heteroatoms. The molecule has 0 spiro atoms. The van der Waals surface area contributed by atoms with Crippen LogP contribution >= 0.6 is 0 Å². The Kier molecular flexibility index (Phi) is 5.72. The fourth-order valence-electron chi connectivity index (χ4n) is 3.66. The summed E-state index contributed by atoms with van der Waals surface area (Å²) in [4.78, 5) is 26.2. The molecule has 1 aliphatic heterocycles. The van der Waals surface area contributed by atoms with Crippen LogP contribution < -0.4 is 10.6 Å². The zero-order chi connectivity index (χ0) is 16.8. The number of carbonyl (C=O) groups is 2. The minimum Gasteiger partial charge on any atom is -0.336 e. The average molecular weight is 329 g/mol. The quantitative estimate of drug-likeness (QED) is 0.835. The number of likely N-dealkylation sites (tertiary alicyclic amines) is 1. The van der Waals surface area contributed by atoms with Gasteiger partial charge in [-0.25, -0.2) is 4.79 Å². The van der Waals surface area contributed by atoms with Crippen molar-refractivity contribution in [2.24, 2.45) is 0 Å². The SMILES string of the molecule is O=C(NC1CCCCCC1)NC1CC(=O)N(Cc2ccccc2)C1. The van der Waals surface area contributed by atoms with E-state index in [1.54, 1.807) is 0 Å². The van der Waals surface area contributed by atoms with E-state index in [4.69, 9.17) is 0 Å². The highest BCUT2D eigenvalue weighted by atomic mass is 16.2. The number of carbonyl (C=O) groups excluding carboxylic acids is 2. The molecule has 1 aliphatic carbocycles. The van der Waals surface area contributed by atoms with Gasteiger partial charge in [0.1, 0.15) is 0 Å². The summed E-state index contributed by atoms with van der Waals surface area (Å²) in [6.45, 7) is 1.20. The number of hydrogen-bond donors (Lipinski definition) is 2. The van der Waals surface area contributed by atoms with E-state index in [1.807, 2.05) is 35.2 Å².